The quantitative estimate of drug-likeness (QED) is 0.365. The zero-order valence-electron chi connectivity index (χ0n) is 19.0. The van der Waals surface area contributed by atoms with Crippen LogP contribution in [0.15, 0.2) is 41.5 Å². The van der Waals surface area contributed by atoms with Crippen molar-refractivity contribution in [1.29, 1.82) is 0 Å². The van der Waals surface area contributed by atoms with Crippen molar-refractivity contribution in [1.82, 2.24) is 5.01 Å². The number of hydrazone groups is 1. The number of methoxy groups -OCH3 is 1. The monoisotopic (exact) mass is 426 g/mol. The first-order valence-corrected chi connectivity index (χ1v) is 11.8. The summed E-state index contributed by atoms with van der Waals surface area (Å²) in [7, 11) is 2.15. The largest absolute Gasteiger partial charge is 0.467 e. The first kappa shape index (κ1) is 22.8. The van der Waals surface area contributed by atoms with Gasteiger partial charge in [0.25, 0.3) is 0 Å². The van der Waals surface area contributed by atoms with Crippen LogP contribution in [-0.4, -0.2) is 38.2 Å². The Bertz CT molecular complexity index is 868. The van der Waals surface area contributed by atoms with E-state index in [1.165, 1.54) is 46.6 Å². The highest BCUT2D eigenvalue weighted by Crippen LogP contribution is 2.34. The minimum absolute atomic E-state index is 0.0104. The molecule has 1 aliphatic heterocycles. The molecule has 1 fully saturated rings. The molecule has 0 amide bonds. The highest BCUT2D eigenvalue weighted by Gasteiger charge is 2.23. The summed E-state index contributed by atoms with van der Waals surface area (Å²) < 4.78 is 11.3. The van der Waals surface area contributed by atoms with E-state index in [4.69, 9.17) is 14.6 Å². The number of rotatable bonds is 7. The number of nitrogens with zero attached hydrogens (tertiary/aromatic N) is 2. The van der Waals surface area contributed by atoms with E-state index in [2.05, 4.69) is 69.1 Å². The predicted octanol–water partition coefficient (Wildman–Crippen LogP) is 4.72. The molecule has 0 saturated carbocycles. The molecule has 0 aromatic heterocycles. The molecular formula is C25H35N2O2P. The maximum atomic E-state index is 6.11. The third-order valence-electron chi connectivity index (χ3n) is 5.29. The normalized spacial score (nSPS) is 15.4. The average molecular weight is 427 g/mol. The molecule has 30 heavy (non-hydrogen) atoms. The van der Waals surface area contributed by atoms with Gasteiger partial charge in [-0.3, -0.25) is 5.01 Å². The lowest BCUT2D eigenvalue weighted by Gasteiger charge is -2.26. The molecule has 162 valence electrons. The van der Waals surface area contributed by atoms with Crippen LogP contribution in [0.5, 0.6) is 5.75 Å². The van der Waals surface area contributed by atoms with E-state index < -0.39 is 0 Å². The summed E-state index contributed by atoms with van der Waals surface area (Å²) in [5, 5.41) is 9.46. The molecule has 1 unspecified atom stereocenters. The van der Waals surface area contributed by atoms with Gasteiger partial charge in [-0.05, 0) is 48.5 Å². The van der Waals surface area contributed by atoms with E-state index in [0.717, 1.165) is 18.8 Å². The minimum Gasteiger partial charge on any atom is -0.467 e. The van der Waals surface area contributed by atoms with Crippen molar-refractivity contribution in [3.63, 3.8) is 0 Å². The SMILES string of the molecule is COCOc1c(Pc2ccccc2/C=N/N2CCCCC2)cc(C)cc1C(C)(C)C. The van der Waals surface area contributed by atoms with Gasteiger partial charge in [-0.15, -0.1) is 0 Å². The van der Waals surface area contributed by atoms with Crippen LogP contribution in [0.2, 0.25) is 0 Å². The van der Waals surface area contributed by atoms with Gasteiger partial charge >= 0.3 is 0 Å². The van der Waals surface area contributed by atoms with Crippen molar-refractivity contribution in [3.8, 4) is 5.75 Å². The molecule has 2 aromatic carbocycles. The maximum absolute atomic E-state index is 6.11. The molecule has 3 rings (SSSR count). The topological polar surface area (TPSA) is 34.1 Å². The molecule has 1 aliphatic rings. The van der Waals surface area contributed by atoms with Gasteiger partial charge in [0.05, 0.1) is 6.21 Å². The number of aryl methyl sites for hydroxylation is 1. The molecule has 2 aromatic rings. The zero-order chi connectivity index (χ0) is 21.6. The molecule has 0 N–H and O–H groups in total. The van der Waals surface area contributed by atoms with E-state index in [0.29, 0.717) is 8.58 Å². The Morgan fingerprint density at radius 2 is 1.80 bits per heavy atom. The maximum Gasteiger partial charge on any atom is 0.188 e. The molecule has 0 bridgehead atoms. The fourth-order valence-corrected chi connectivity index (χ4v) is 5.08. The van der Waals surface area contributed by atoms with Gasteiger partial charge in [0.2, 0.25) is 0 Å². The lowest BCUT2D eigenvalue weighted by molar-refractivity contribution is 0.0506. The van der Waals surface area contributed by atoms with Crippen molar-refractivity contribution >= 4 is 25.4 Å². The van der Waals surface area contributed by atoms with Crippen LogP contribution in [0, 0.1) is 6.92 Å². The van der Waals surface area contributed by atoms with Crippen LogP contribution in [0.3, 0.4) is 0 Å². The van der Waals surface area contributed by atoms with Crippen LogP contribution in [0.4, 0.5) is 0 Å². The van der Waals surface area contributed by atoms with E-state index in [1.54, 1.807) is 7.11 Å². The van der Waals surface area contributed by atoms with Crippen molar-refractivity contribution in [2.24, 2.45) is 5.10 Å². The molecular weight excluding hydrogens is 391 g/mol. The molecule has 0 spiro atoms. The Kier molecular flexibility index (Phi) is 7.91. The zero-order valence-corrected chi connectivity index (χ0v) is 20.0. The molecule has 4 nitrogen and oxygen atoms in total. The van der Waals surface area contributed by atoms with Gasteiger partial charge < -0.3 is 9.47 Å². The standard InChI is InChI=1S/C25H35N2O2P/c1-19-15-21(25(2,3)4)24(29-18-28-5)23(16-19)30-22-12-8-7-11-20(22)17-26-27-13-9-6-10-14-27/h7-8,11-12,15-17,30H,6,9-10,13-14,18H2,1-5H3/b26-17+. The lowest BCUT2D eigenvalue weighted by Crippen LogP contribution is -2.25. The Morgan fingerprint density at radius 3 is 2.50 bits per heavy atom. The van der Waals surface area contributed by atoms with E-state index >= 15 is 0 Å². The summed E-state index contributed by atoms with van der Waals surface area (Å²) in [6.07, 6.45) is 5.82. The number of hydrogen-bond acceptors (Lipinski definition) is 4. The molecule has 1 heterocycles. The minimum atomic E-state index is -0.0104. The van der Waals surface area contributed by atoms with Gasteiger partial charge in [0.15, 0.2) is 6.79 Å². The molecule has 5 heteroatoms. The third kappa shape index (κ3) is 6.06. The molecule has 0 aliphatic carbocycles. The van der Waals surface area contributed by atoms with Crippen LogP contribution >= 0.6 is 8.58 Å². The summed E-state index contributed by atoms with van der Waals surface area (Å²) >= 11 is 0. The number of piperidine rings is 1. The van der Waals surface area contributed by atoms with Gasteiger partial charge in [-0.2, -0.15) is 5.10 Å². The summed E-state index contributed by atoms with van der Waals surface area (Å²) in [6, 6.07) is 13.0. The second kappa shape index (κ2) is 10.4. The summed E-state index contributed by atoms with van der Waals surface area (Å²) in [5.74, 6) is 0.955. The fraction of sp³-hybridized carbons (Fsp3) is 0.480. The Morgan fingerprint density at radius 1 is 1.07 bits per heavy atom. The van der Waals surface area contributed by atoms with Crippen LogP contribution in [0.1, 0.15) is 56.7 Å². The Hall–Kier alpha value is -1.90. The van der Waals surface area contributed by atoms with Gasteiger partial charge in [-0.25, -0.2) is 0 Å². The van der Waals surface area contributed by atoms with Crippen LogP contribution in [0.25, 0.3) is 0 Å². The summed E-state index contributed by atoms with van der Waals surface area (Å²) in [5.41, 5.74) is 3.65. The predicted molar refractivity (Wildman–Crippen MR) is 129 cm³/mol. The van der Waals surface area contributed by atoms with Crippen LogP contribution < -0.4 is 15.3 Å². The first-order valence-electron chi connectivity index (χ1n) is 10.8. The molecule has 0 radical (unpaired) electrons. The van der Waals surface area contributed by atoms with E-state index in [9.17, 15) is 0 Å². The van der Waals surface area contributed by atoms with E-state index in [-0.39, 0.29) is 12.2 Å². The Balaban J connectivity index is 1.94. The fourth-order valence-electron chi connectivity index (χ4n) is 3.70. The number of benzene rings is 2. The first-order chi connectivity index (χ1) is 14.4. The molecule has 1 atom stereocenters. The highest BCUT2D eigenvalue weighted by atomic mass is 31.1. The summed E-state index contributed by atoms with van der Waals surface area (Å²) in [6.45, 7) is 11.2. The highest BCUT2D eigenvalue weighted by molar-refractivity contribution is 7.56. The number of ether oxygens (including phenoxy) is 2. The van der Waals surface area contributed by atoms with E-state index in [1.807, 2.05) is 6.21 Å². The summed E-state index contributed by atoms with van der Waals surface area (Å²) in [4.78, 5) is 0. The lowest BCUT2D eigenvalue weighted by atomic mass is 9.85. The van der Waals surface area contributed by atoms with Gasteiger partial charge in [0, 0.05) is 36.6 Å². The van der Waals surface area contributed by atoms with Crippen molar-refractivity contribution in [2.45, 2.75) is 52.4 Å². The van der Waals surface area contributed by atoms with Gasteiger partial charge in [-0.1, -0.05) is 59.7 Å². The second-order valence-electron chi connectivity index (χ2n) is 8.96. The van der Waals surface area contributed by atoms with Gasteiger partial charge in [0.1, 0.15) is 5.75 Å². The van der Waals surface area contributed by atoms with Crippen molar-refractivity contribution < 1.29 is 9.47 Å². The van der Waals surface area contributed by atoms with Crippen molar-refractivity contribution in [2.75, 3.05) is 27.0 Å². The average Bonchev–Trinajstić information content (AvgIpc) is 2.72. The second-order valence-corrected chi connectivity index (χ2v) is 10.3. The number of hydrogen-bond donors (Lipinski definition) is 0. The van der Waals surface area contributed by atoms with Crippen LogP contribution in [-0.2, 0) is 10.2 Å². The Labute approximate surface area is 183 Å². The molecule has 1 saturated heterocycles. The smallest absolute Gasteiger partial charge is 0.188 e. The third-order valence-corrected chi connectivity index (χ3v) is 6.65. The van der Waals surface area contributed by atoms with Crippen molar-refractivity contribution in [3.05, 3.63) is 53.1 Å².